The molecule has 3 fully saturated rings. The zero-order chi connectivity index (χ0) is 23.2. The van der Waals surface area contributed by atoms with E-state index in [9.17, 15) is 14.0 Å². The van der Waals surface area contributed by atoms with Gasteiger partial charge in [-0.3, -0.25) is 9.59 Å². The average molecular weight is 453 g/mol. The summed E-state index contributed by atoms with van der Waals surface area (Å²) in [4.78, 5) is 35.8. The molecule has 1 aromatic carbocycles. The summed E-state index contributed by atoms with van der Waals surface area (Å²) in [5, 5.41) is 0. The molecule has 2 amide bonds. The SMILES string of the molecule is CC(C)n1cnc(C2CN(C(=O)Cc3cccc(F)c3)CC23CCCN(CC2CC2)C3=O)c1. The topological polar surface area (TPSA) is 58.4 Å². The van der Waals surface area contributed by atoms with Gasteiger partial charge in [0.15, 0.2) is 0 Å². The van der Waals surface area contributed by atoms with Crippen LogP contribution in [0.1, 0.15) is 62.7 Å². The molecule has 2 aromatic rings. The van der Waals surface area contributed by atoms with Gasteiger partial charge in [0.25, 0.3) is 0 Å². The van der Waals surface area contributed by atoms with Crippen LogP contribution < -0.4 is 0 Å². The lowest BCUT2D eigenvalue weighted by atomic mass is 9.70. The Morgan fingerprint density at radius 2 is 2.12 bits per heavy atom. The molecule has 33 heavy (non-hydrogen) atoms. The lowest BCUT2D eigenvalue weighted by Crippen LogP contribution is -2.53. The highest BCUT2D eigenvalue weighted by molar-refractivity contribution is 5.88. The zero-order valence-electron chi connectivity index (χ0n) is 19.5. The van der Waals surface area contributed by atoms with Crippen LogP contribution in [0.15, 0.2) is 36.8 Å². The third-order valence-electron chi connectivity index (χ3n) is 7.65. The number of benzene rings is 1. The van der Waals surface area contributed by atoms with Crippen molar-refractivity contribution in [3.63, 3.8) is 0 Å². The maximum Gasteiger partial charge on any atom is 0.231 e. The number of aromatic nitrogens is 2. The molecule has 3 heterocycles. The summed E-state index contributed by atoms with van der Waals surface area (Å²) in [5.41, 5.74) is 0.930. The minimum Gasteiger partial charge on any atom is -0.342 e. The molecule has 0 bridgehead atoms. The van der Waals surface area contributed by atoms with Gasteiger partial charge in [-0.15, -0.1) is 0 Å². The van der Waals surface area contributed by atoms with Crippen molar-refractivity contribution in [1.82, 2.24) is 19.4 Å². The molecule has 3 aliphatic rings. The summed E-state index contributed by atoms with van der Waals surface area (Å²) in [6.45, 7) is 6.75. The Balaban J connectivity index is 1.43. The van der Waals surface area contributed by atoms with Crippen molar-refractivity contribution in [1.29, 1.82) is 0 Å². The maximum absolute atomic E-state index is 13.9. The molecule has 5 rings (SSSR count). The van der Waals surface area contributed by atoms with Crippen molar-refractivity contribution in [2.75, 3.05) is 26.2 Å². The van der Waals surface area contributed by atoms with E-state index in [0.29, 0.717) is 24.6 Å². The third-order valence-corrected chi connectivity index (χ3v) is 7.65. The summed E-state index contributed by atoms with van der Waals surface area (Å²) in [7, 11) is 0. The number of halogens is 1. The fourth-order valence-electron chi connectivity index (χ4n) is 5.59. The average Bonchev–Trinajstić information content (AvgIpc) is 3.31. The molecule has 7 heteroatoms. The minimum atomic E-state index is -0.624. The highest BCUT2D eigenvalue weighted by Gasteiger charge is 2.57. The van der Waals surface area contributed by atoms with E-state index in [1.54, 1.807) is 12.1 Å². The molecule has 1 aliphatic carbocycles. The molecule has 1 saturated carbocycles. The first-order chi connectivity index (χ1) is 15.9. The van der Waals surface area contributed by atoms with Crippen molar-refractivity contribution >= 4 is 11.8 Å². The molecule has 1 aromatic heterocycles. The molecule has 6 nitrogen and oxygen atoms in total. The monoisotopic (exact) mass is 452 g/mol. The van der Waals surface area contributed by atoms with Crippen LogP contribution in [0.2, 0.25) is 0 Å². The van der Waals surface area contributed by atoms with Gasteiger partial charge in [-0.2, -0.15) is 0 Å². The third kappa shape index (κ3) is 4.30. The van der Waals surface area contributed by atoms with Gasteiger partial charge in [-0.05, 0) is 63.1 Å². The largest absolute Gasteiger partial charge is 0.342 e. The van der Waals surface area contributed by atoms with E-state index in [2.05, 4.69) is 18.4 Å². The Labute approximate surface area is 194 Å². The second kappa shape index (κ2) is 8.58. The van der Waals surface area contributed by atoms with E-state index in [1.807, 2.05) is 22.3 Å². The first-order valence-electron chi connectivity index (χ1n) is 12.2. The standard InChI is InChI=1S/C26H33FN4O2/c1-18(2)31-15-23(28-17-31)22-14-30(24(32)12-20-5-3-6-21(27)11-20)16-26(22)9-4-10-29(25(26)33)13-19-7-8-19/h3,5-6,11,15,17-19,22H,4,7-10,12-14,16H2,1-2H3. The highest BCUT2D eigenvalue weighted by atomic mass is 19.1. The molecule has 2 saturated heterocycles. The summed E-state index contributed by atoms with van der Waals surface area (Å²) in [5.74, 6) is 0.301. The summed E-state index contributed by atoms with van der Waals surface area (Å²) < 4.78 is 15.7. The number of rotatable bonds is 6. The van der Waals surface area contributed by atoms with Crippen LogP contribution in [0.4, 0.5) is 4.39 Å². The quantitative estimate of drug-likeness (QED) is 0.670. The number of imidazole rings is 1. The van der Waals surface area contributed by atoms with Crippen LogP contribution in [0.5, 0.6) is 0 Å². The van der Waals surface area contributed by atoms with Crippen molar-refractivity contribution in [3.05, 3.63) is 53.9 Å². The molecule has 176 valence electrons. The number of amides is 2. The molecular formula is C26H33FN4O2. The molecule has 1 spiro atoms. The number of likely N-dealkylation sites (tertiary alicyclic amines) is 2. The maximum atomic E-state index is 13.9. The molecule has 2 unspecified atom stereocenters. The number of piperidine rings is 1. The van der Waals surface area contributed by atoms with Gasteiger partial charge in [0.2, 0.25) is 11.8 Å². The zero-order valence-corrected chi connectivity index (χ0v) is 19.5. The number of hydrogen-bond donors (Lipinski definition) is 0. The smallest absolute Gasteiger partial charge is 0.231 e. The van der Waals surface area contributed by atoms with Crippen LogP contribution in [-0.4, -0.2) is 57.3 Å². The molecular weight excluding hydrogens is 419 g/mol. The van der Waals surface area contributed by atoms with Crippen molar-refractivity contribution < 1.29 is 14.0 Å². The van der Waals surface area contributed by atoms with Gasteiger partial charge in [-0.1, -0.05) is 12.1 Å². The Kier molecular flexibility index (Phi) is 5.75. The Morgan fingerprint density at radius 1 is 1.30 bits per heavy atom. The van der Waals surface area contributed by atoms with Crippen LogP contribution in [0.25, 0.3) is 0 Å². The molecule has 0 N–H and O–H groups in total. The Bertz CT molecular complexity index is 1050. The van der Waals surface area contributed by atoms with Crippen LogP contribution in [0, 0.1) is 17.2 Å². The second-order valence-corrected chi connectivity index (χ2v) is 10.4. The van der Waals surface area contributed by atoms with Crippen molar-refractivity contribution in [2.45, 2.75) is 57.9 Å². The van der Waals surface area contributed by atoms with E-state index in [0.717, 1.165) is 31.6 Å². The van der Waals surface area contributed by atoms with Crippen LogP contribution >= 0.6 is 0 Å². The normalized spacial score (nSPS) is 25.5. The highest BCUT2D eigenvalue weighted by Crippen LogP contribution is 2.49. The van der Waals surface area contributed by atoms with Gasteiger partial charge in [0.05, 0.1) is 23.9 Å². The van der Waals surface area contributed by atoms with Gasteiger partial charge in [-0.25, -0.2) is 9.37 Å². The van der Waals surface area contributed by atoms with Gasteiger partial charge < -0.3 is 14.4 Å². The first kappa shape index (κ1) is 22.1. The van der Waals surface area contributed by atoms with E-state index < -0.39 is 5.41 Å². The summed E-state index contributed by atoms with van der Waals surface area (Å²) in [6, 6.07) is 6.48. The molecule has 2 aliphatic heterocycles. The number of carbonyl (C=O) groups excluding carboxylic acids is 2. The number of nitrogens with zero attached hydrogens (tertiary/aromatic N) is 4. The van der Waals surface area contributed by atoms with Crippen molar-refractivity contribution in [2.24, 2.45) is 11.3 Å². The Morgan fingerprint density at radius 3 is 2.82 bits per heavy atom. The summed E-state index contributed by atoms with van der Waals surface area (Å²) >= 11 is 0. The lowest BCUT2D eigenvalue weighted by molar-refractivity contribution is -0.147. The second-order valence-electron chi connectivity index (χ2n) is 10.4. The molecule has 2 atom stereocenters. The van der Waals surface area contributed by atoms with Crippen LogP contribution in [0.3, 0.4) is 0 Å². The van der Waals surface area contributed by atoms with Gasteiger partial charge >= 0.3 is 0 Å². The van der Waals surface area contributed by atoms with E-state index in [4.69, 9.17) is 4.98 Å². The van der Waals surface area contributed by atoms with Crippen molar-refractivity contribution in [3.8, 4) is 0 Å². The predicted octanol–water partition coefficient (Wildman–Crippen LogP) is 3.79. The van der Waals surface area contributed by atoms with Gasteiger partial charge in [0.1, 0.15) is 5.82 Å². The first-order valence-corrected chi connectivity index (χ1v) is 12.2. The number of hydrogen-bond acceptors (Lipinski definition) is 3. The number of carbonyl (C=O) groups is 2. The minimum absolute atomic E-state index is 0.0575. The van der Waals surface area contributed by atoms with E-state index in [-0.39, 0.29) is 36.0 Å². The van der Waals surface area contributed by atoms with Gasteiger partial charge in [0, 0.05) is 44.3 Å². The van der Waals surface area contributed by atoms with E-state index >= 15 is 0 Å². The summed E-state index contributed by atoms with van der Waals surface area (Å²) in [6.07, 6.45) is 8.15. The van der Waals surface area contributed by atoms with E-state index in [1.165, 1.54) is 25.0 Å². The fourth-order valence-corrected chi connectivity index (χ4v) is 5.59. The molecule has 0 radical (unpaired) electrons. The lowest BCUT2D eigenvalue weighted by Gasteiger charge is -2.42. The van der Waals surface area contributed by atoms with Crippen LogP contribution in [-0.2, 0) is 16.0 Å². The predicted molar refractivity (Wildman–Crippen MR) is 123 cm³/mol. The Hall–Kier alpha value is -2.70. The fraction of sp³-hybridized carbons (Fsp3) is 0.577.